The largest absolute Gasteiger partial charge is 0.208 e. The second kappa shape index (κ2) is 12.7. The molecule has 0 saturated carbocycles. The number of hydrogen-bond acceptors (Lipinski definition) is 3. The van der Waals surface area contributed by atoms with Crippen LogP contribution in [0.5, 0.6) is 0 Å². The number of aromatic nitrogens is 3. The Morgan fingerprint density at radius 2 is 0.460 bits per heavy atom. The molecule has 0 saturated heterocycles. The van der Waals surface area contributed by atoms with Crippen LogP contribution in [0.15, 0.2) is 188 Å². The molecule has 0 aliphatic rings. The molecule has 0 aliphatic heterocycles. The van der Waals surface area contributed by atoms with Gasteiger partial charge in [-0.25, -0.2) is 15.0 Å². The zero-order chi connectivity index (χ0) is 33.3. The van der Waals surface area contributed by atoms with Gasteiger partial charge in [0, 0.05) is 16.7 Å². The van der Waals surface area contributed by atoms with Gasteiger partial charge in [-0.1, -0.05) is 188 Å². The molecule has 0 fully saturated rings. The van der Waals surface area contributed by atoms with Gasteiger partial charge >= 0.3 is 0 Å². The Balaban J connectivity index is 1.21. The van der Waals surface area contributed by atoms with E-state index in [4.69, 9.17) is 15.0 Å². The fourth-order valence-electron chi connectivity index (χ4n) is 6.92. The third-order valence-electron chi connectivity index (χ3n) is 9.34. The predicted molar refractivity (Wildman–Crippen MR) is 207 cm³/mol. The average molecular weight is 638 g/mol. The van der Waals surface area contributed by atoms with E-state index in [1.807, 2.05) is 60.7 Å². The van der Waals surface area contributed by atoms with Crippen LogP contribution < -0.4 is 0 Å². The lowest BCUT2D eigenvalue weighted by Crippen LogP contribution is -2.00. The summed E-state index contributed by atoms with van der Waals surface area (Å²) in [5.74, 6) is 1.95. The van der Waals surface area contributed by atoms with Gasteiger partial charge in [0.05, 0.1) is 0 Å². The molecular weight excluding hydrogens is 607 g/mol. The highest BCUT2D eigenvalue weighted by atomic mass is 15.0. The number of nitrogens with zero attached hydrogens (tertiary/aromatic N) is 3. The summed E-state index contributed by atoms with van der Waals surface area (Å²) in [5.41, 5.74) is 10.0. The Morgan fingerprint density at radius 3 is 0.860 bits per heavy atom. The zero-order valence-corrected chi connectivity index (χ0v) is 27.2. The second-order valence-corrected chi connectivity index (χ2v) is 12.4. The molecule has 3 nitrogen and oxygen atoms in total. The summed E-state index contributed by atoms with van der Waals surface area (Å²) in [6, 6.07) is 65.9. The monoisotopic (exact) mass is 637 g/mol. The molecule has 3 heteroatoms. The standard InChI is InChI=1S/C47H31N3/c1-4-14-32(15-5-1)33-24-26-34(27-25-33)43-41-22-12-10-20-39(41)40-21-11-13-23-42(40)44(43)35-28-30-38(31-29-35)47-49-45(36-16-6-2-7-17-36)48-46(50-47)37-18-8-3-9-19-37/h1-31H. The van der Waals surface area contributed by atoms with Crippen molar-refractivity contribution in [2.75, 3.05) is 0 Å². The third-order valence-corrected chi connectivity index (χ3v) is 9.34. The predicted octanol–water partition coefficient (Wildman–Crippen LogP) is 12.2. The van der Waals surface area contributed by atoms with Crippen LogP contribution in [0, 0.1) is 0 Å². The summed E-state index contributed by atoms with van der Waals surface area (Å²) >= 11 is 0. The van der Waals surface area contributed by atoms with Crippen molar-refractivity contribution in [2.45, 2.75) is 0 Å². The van der Waals surface area contributed by atoms with Crippen LogP contribution in [0.2, 0.25) is 0 Å². The topological polar surface area (TPSA) is 38.7 Å². The summed E-state index contributed by atoms with van der Waals surface area (Å²) in [5, 5.41) is 4.94. The fourth-order valence-corrected chi connectivity index (χ4v) is 6.92. The molecule has 0 atom stereocenters. The van der Waals surface area contributed by atoms with E-state index in [1.54, 1.807) is 0 Å². The van der Waals surface area contributed by atoms with Crippen LogP contribution in [-0.2, 0) is 0 Å². The van der Waals surface area contributed by atoms with Gasteiger partial charge in [0.2, 0.25) is 0 Å². The van der Waals surface area contributed by atoms with Gasteiger partial charge in [0.15, 0.2) is 17.5 Å². The Hall–Kier alpha value is -6.71. The Labute approximate surface area is 291 Å². The minimum atomic E-state index is 0.643. The molecule has 9 aromatic rings. The fraction of sp³-hybridized carbons (Fsp3) is 0. The molecule has 8 aromatic carbocycles. The lowest BCUT2D eigenvalue weighted by Gasteiger charge is -2.19. The summed E-state index contributed by atoms with van der Waals surface area (Å²) in [6.07, 6.45) is 0. The van der Waals surface area contributed by atoms with Crippen molar-refractivity contribution < 1.29 is 0 Å². The van der Waals surface area contributed by atoms with Gasteiger partial charge in [0.25, 0.3) is 0 Å². The summed E-state index contributed by atoms with van der Waals surface area (Å²) < 4.78 is 0. The Morgan fingerprint density at radius 1 is 0.200 bits per heavy atom. The maximum Gasteiger partial charge on any atom is 0.164 e. The maximum absolute atomic E-state index is 4.97. The molecule has 1 heterocycles. The van der Waals surface area contributed by atoms with E-state index in [0.717, 1.165) is 22.3 Å². The molecule has 0 unspecified atom stereocenters. The van der Waals surface area contributed by atoms with E-state index in [2.05, 4.69) is 127 Å². The third kappa shape index (κ3) is 5.41. The quantitative estimate of drug-likeness (QED) is 0.170. The summed E-state index contributed by atoms with van der Waals surface area (Å²) in [4.78, 5) is 14.8. The van der Waals surface area contributed by atoms with Crippen LogP contribution in [0.25, 0.3) is 89.1 Å². The highest BCUT2D eigenvalue weighted by Gasteiger charge is 2.18. The first-order valence-corrected chi connectivity index (χ1v) is 16.9. The van der Waals surface area contributed by atoms with Crippen LogP contribution in [0.3, 0.4) is 0 Å². The SMILES string of the molecule is c1ccc(-c2ccc(-c3c(-c4ccc(-c5nc(-c6ccccc6)nc(-c6ccccc6)n5)cc4)c4ccccc4c4ccccc34)cc2)cc1. The molecule has 0 N–H and O–H groups in total. The minimum Gasteiger partial charge on any atom is -0.208 e. The van der Waals surface area contributed by atoms with Gasteiger partial charge in [-0.05, 0) is 54.9 Å². The van der Waals surface area contributed by atoms with Crippen molar-refractivity contribution in [3.63, 3.8) is 0 Å². The van der Waals surface area contributed by atoms with Crippen molar-refractivity contribution in [1.82, 2.24) is 15.0 Å². The molecule has 0 spiro atoms. The van der Waals surface area contributed by atoms with Crippen molar-refractivity contribution in [3.8, 4) is 67.5 Å². The van der Waals surface area contributed by atoms with Crippen LogP contribution in [0.4, 0.5) is 0 Å². The van der Waals surface area contributed by atoms with Gasteiger partial charge < -0.3 is 0 Å². The number of fused-ring (bicyclic) bond motifs is 3. The molecular formula is C47H31N3. The van der Waals surface area contributed by atoms with E-state index >= 15 is 0 Å². The van der Waals surface area contributed by atoms with E-state index in [0.29, 0.717) is 17.5 Å². The first-order valence-electron chi connectivity index (χ1n) is 16.9. The highest BCUT2D eigenvalue weighted by molar-refractivity contribution is 6.21. The number of benzene rings is 8. The van der Waals surface area contributed by atoms with Gasteiger partial charge in [-0.2, -0.15) is 0 Å². The minimum absolute atomic E-state index is 0.643. The number of hydrogen-bond donors (Lipinski definition) is 0. The number of rotatable bonds is 6. The van der Waals surface area contributed by atoms with Gasteiger partial charge in [-0.3, -0.25) is 0 Å². The van der Waals surface area contributed by atoms with Crippen molar-refractivity contribution >= 4 is 21.5 Å². The van der Waals surface area contributed by atoms with Gasteiger partial charge in [0.1, 0.15) is 0 Å². The van der Waals surface area contributed by atoms with Crippen LogP contribution in [0.1, 0.15) is 0 Å². The molecule has 0 amide bonds. The highest BCUT2D eigenvalue weighted by Crippen LogP contribution is 2.45. The first-order chi connectivity index (χ1) is 24.8. The molecule has 9 rings (SSSR count). The molecule has 234 valence electrons. The van der Waals surface area contributed by atoms with Crippen molar-refractivity contribution in [3.05, 3.63) is 188 Å². The molecule has 1 aromatic heterocycles. The van der Waals surface area contributed by atoms with E-state index in [9.17, 15) is 0 Å². The smallest absolute Gasteiger partial charge is 0.164 e. The lowest BCUT2D eigenvalue weighted by atomic mass is 9.84. The molecule has 0 bridgehead atoms. The maximum atomic E-state index is 4.97. The molecule has 50 heavy (non-hydrogen) atoms. The summed E-state index contributed by atoms with van der Waals surface area (Å²) in [6.45, 7) is 0. The Kier molecular flexibility index (Phi) is 7.49. The van der Waals surface area contributed by atoms with E-state index in [-0.39, 0.29) is 0 Å². The van der Waals surface area contributed by atoms with E-state index < -0.39 is 0 Å². The van der Waals surface area contributed by atoms with E-state index in [1.165, 1.54) is 49.4 Å². The van der Waals surface area contributed by atoms with Crippen LogP contribution in [-0.4, -0.2) is 15.0 Å². The normalized spacial score (nSPS) is 11.2. The average Bonchev–Trinajstić information content (AvgIpc) is 3.21. The van der Waals surface area contributed by atoms with Gasteiger partial charge in [-0.15, -0.1) is 0 Å². The van der Waals surface area contributed by atoms with Crippen molar-refractivity contribution in [1.29, 1.82) is 0 Å². The molecule has 0 aliphatic carbocycles. The van der Waals surface area contributed by atoms with Crippen molar-refractivity contribution in [2.24, 2.45) is 0 Å². The van der Waals surface area contributed by atoms with Crippen LogP contribution >= 0.6 is 0 Å². The lowest BCUT2D eigenvalue weighted by molar-refractivity contribution is 1.07. The molecule has 0 radical (unpaired) electrons. The summed E-state index contributed by atoms with van der Waals surface area (Å²) in [7, 11) is 0. The second-order valence-electron chi connectivity index (χ2n) is 12.4. The zero-order valence-electron chi connectivity index (χ0n) is 27.2. The Bertz CT molecular complexity index is 2540. The first kappa shape index (κ1) is 29.4.